The van der Waals surface area contributed by atoms with Gasteiger partial charge >= 0.3 is 10.2 Å². The van der Waals surface area contributed by atoms with Crippen LogP contribution in [0.15, 0.2) is 53.6 Å². The second-order valence-corrected chi connectivity index (χ2v) is 9.89. The first-order valence-electron chi connectivity index (χ1n) is 11.0. The zero-order valence-electron chi connectivity index (χ0n) is 19.4. The highest BCUT2D eigenvalue weighted by Gasteiger charge is 2.24. The van der Waals surface area contributed by atoms with Crippen LogP contribution in [0, 0.1) is 5.41 Å². The molecule has 3 aromatic rings. The van der Waals surface area contributed by atoms with Crippen LogP contribution < -0.4 is 15.5 Å². The lowest BCUT2D eigenvalue weighted by Gasteiger charge is -2.27. The first kappa shape index (κ1) is 24.7. The number of nitrogens with zero attached hydrogens (tertiary/aromatic N) is 2. The van der Waals surface area contributed by atoms with Crippen LogP contribution >= 0.6 is 0 Å². The highest BCUT2D eigenvalue weighted by Crippen LogP contribution is 2.22. The average molecular weight is 498 g/mol. The van der Waals surface area contributed by atoms with Crippen molar-refractivity contribution in [3.05, 3.63) is 64.6 Å². The van der Waals surface area contributed by atoms with Gasteiger partial charge in [0.15, 0.2) is 5.43 Å². The number of anilines is 1. The van der Waals surface area contributed by atoms with Crippen LogP contribution in [0.5, 0.6) is 0 Å². The first-order chi connectivity index (χ1) is 16.8. The number of likely N-dealkylation sites (N-methyl/N-ethyl adjacent to an activating group) is 1. The molecule has 0 amide bonds. The van der Waals surface area contributed by atoms with Gasteiger partial charge in [-0.1, -0.05) is 12.1 Å². The molecular formula is C24H27N5O5S. The fourth-order valence-electron chi connectivity index (χ4n) is 3.84. The summed E-state index contributed by atoms with van der Waals surface area (Å²) in [6.45, 7) is 1.39. The van der Waals surface area contributed by atoms with E-state index in [2.05, 4.69) is 15.0 Å². The van der Waals surface area contributed by atoms with Crippen LogP contribution in [-0.2, 0) is 19.7 Å². The predicted molar refractivity (Wildman–Crippen MR) is 137 cm³/mol. The number of aromatic nitrogens is 1. The van der Waals surface area contributed by atoms with E-state index in [-0.39, 0.29) is 23.8 Å². The summed E-state index contributed by atoms with van der Waals surface area (Å²) in [5, 5.41) is 11.9. The van der Waals surface area contributed by atoms with Crippen molar-refractivity contribution < 1.29 is 17.9 Å². The van der Waals surface area contributed by atoms with E-state index in [4.69, 9.17) is 14.9 Å². The van der Waals surface area contributed by atoms with Crippen LogP contribution in [0.3, 0.4) is 0 Å². The minimum Gasteiger partial charge on any atom is -0.393 e. The molecule has 3 N–H and O–H groups in total. The number of benzene rings is 1. The molecule has 2 aromatic carbocycles. The first-order valence-corrected chi connectivity index (χ1v) is 12.4. The summed E-state index contributed by atoms with van der Waals surface area (Å²) >= 11 is 0. The Labute approximate surface area is 203 Å². The molecule has 0 aliphatic carbocycles. The highest BCUT2D eigenvalue weighted by molar-refractivity contribution is 7.90. The van der Waals surface area contributed by atoms with Gasteiger partial charge in [-0.05, 0) is 29.7 Å². The molecule has 0 radical (unpaired) electrons. The highest BCUT2D eigenvalue weighted by atomic mass is 32.2. The molecule has 1 fully saturated rings. The summed E-state index contributed by atoms with van der Waals surface area (Å²) in [5.74, 6) is 0. The van der Waals surface area contributed by atoms with Crippen molar-refractivity contribution in [1.82, 2.24) is 14.6 Å². The van der Waals surface area contributed by atoms with Gasteiger partial charge in [0.05, 0.1) is 37.1 Å². The maximum atomic E-state index is 13.5. The minimum atomic E-state index is -3.89. The molecule has 0 spiro atoms. The Bertz CT molecular complexity index is 1450. The van der Waals surface area contributed by atoms with Crippen LogP contribution in [-0.4, -0.2) is 70.5 Å². The van der Waals surface area contributed by atoms with Gasteiger partial charge in [-0.2, -0.15) is 12.7 Å². The summed E-state index contributed by atoms with van der Waals surface area (Å²) in [4.78, 5) is 17.9. The summed E-state index contributed by atoms with van der Waals surface area (Å²) in [7, 11) is -0.706. The molecule has 0 bridgehead atoms. The molecule has 10 nitrogen and oxygen atoms in total. The van der Waals surface area contributed by atoms with Gasteiger partial charge in [0, 0.05) is 61.2 Å². The number of pyridine rings is 1. The third-order valence-electron chi connectivity index (χ3n) is 5.67. The van der Waals surface area contributed by atoms with Gasteiger partial charge in [0.1, 0.15) is 0 Å². The molecule has 4 rings (SSSR count). The van der Waals surface area contributed by atoms with Gasteiger partial charge in [-0.15, -0.1) is 0 Å². The molecule has 35 heavy (non-hydrogen) atoms. The van der Waals surface area contributed by atoms with Crippen LogP contribution in [0.1, 0.15) is 5.56 Å². The van der Waals surface area contributed by atoms with E-state index in [0.29, 0.717) is 52.6 Å². The number of ether oxygens (including phenoxy) is 2. The monoisotopic (exact) mass is 497 g/mol. The lowest BCUT2D eigenvalue weighted by molar-refractivity contribution is -0.0908. The van der Waals surface area contributed by atoms with Crippen LogP contribution in [0.25, 0.3) is 27.2 Å². The quantitative estimate of drug-likeness (QED) is 0.405. The van der Waals surface area contributed by atoms with E-state index < -0.39 is 10.2 Å². The van der Waals surface area contributed by atoms with Crippen molar-refractivity contribution in [2.45, 2.75) is 6.10 Å². The van der Waals surface area contributed by atoms with Crippen molar-refractivity contribution in [3.8, 4) is 0 Å². The fraction of sp³-hybridized carbons (Fsp3) is 0.292. The van der Waals surface area contributed by atoms with Crippen LogP contribution in [0.4, 0.5) is 5.69 Å². The number of allylic oxidation sites excluding steroid dienone is 1. The van der Waals surface area contributed by atoms with Gasteiger partial charge in [0.25, 0.3) is 0 Å². The smallest absolute Gasteiger partial charge is 0.301 e. The van der Waals surface area contributed by atoms with E-state index in [0.717, 1.165) is 4.31 Å². The SMILES string of the molecule is CN/C=C(\C=N)c1cnc2ccc3ccc(NS(=O)(=O)N(C)C[C@@H]4COCCO4)cc3c(=O)c2c1. The molecule has 1 aromatic heterocycles. The maximum absolute atomic E-state index is 13.5. The summed E-state index contributed by atoms with van der Waals surface area (Å²) in [5.41, 5.74) is 1.67. The van der Waals surface area contributed by atoms with Gasteiger partial charge in [-0.25, -0.2) is 0 Å². The Balaban J connectivity index is 1.70. The van der Waals surface area contributed by atoms with Gasteiger partial charge in [-0.3, -0.25) is 14.5 Å². The van der Waals surface area contributed by atoms with Crippen molar-refractivity contribution >= 4 is 49.4 Å². The number of nitrogens with one attached hydrogen (secondary N) is 3. The van der Waals surface area contributed by atoms with E-state index in [1.165, 1.54) is 19.3 Å². The van der Waals surface area contributed by atoms with Crippen molar-refractivity contribution in [2.75, 3.05) is 45.2 Å². The summed E-state index contributed by atoms with van der Waals surface area (Å²) in [6, 6.07) is 10.0. The Hall–Kier alpha value is -3.38. The Morgan fingerprint density at radius 2 is 2.03 bits per heavy atom. The predicted octanol–water partition coefficient (Wildman–Crippen LogP) is 1.96. The normalized spacial score (nSPS) is 17.0. The molecule has 2 heterocycles. The molecule has 1 aliphatic heterocycles. The molecule has 1 saturated heterocycles. The van der Waals surface area contributed by atoms with Crippen molar-refractivity contribution in [3.63, 3.8) is 0 Å². The van der Waals surface area contributed by atoms with E-state index in [9.17, 15) is 13.2 Å². The number of hydrogen-bond acceptors (Lipinski definition) is 8. The minimum absolute atomic E-state index is 0.138. The second-order valence-electron chi connectivity index (χ2n) is 8.11. The van der Waals surface area contributed by atoms with E-state index in [1.807, 2.05) is 0 Å². The topological polar surface area (TPSA) is 134 Å². The third-order valence-corrected chi connectivity index (χ3v) is 7.14. The summed E-state index contributed by atoms with van der Waals surface area (Å²) < 4.78 is 40.3. The van der Waals surface area contributed by atoms with Crippen LogP contribution in [0.2, 0.25) is 0 Å². The Kier molecular flexibility index (Phi) is 7.41. The van der Waals surface area contributed by atoms with Crippen molar-refractivity contribution in [2.24, 2.45) is 0 Å². The summed E-state index contributed by atoms with van der Waals surface area (Å²) in [6.07, 6.45) is 4.09. The molecule has 1 aliphatic rings. The molecule has 0 saturated carbocycles. The van der Waals surface area contributed by atoms with Gasteiger partial charge < -0.3 is 20.2 Å². The Morgan fingerprint density at radius 3 is 2.74 bits per heavy atom. The zero-order valence-corrected chi connectivity index (χ0v) is 20.3. The standard InChI is InChI=1S/C24H27N5O5S/c1-26-12-18(11-25)17-9-22-23(27-13-17)6-4-16-3-5-19(10-21(16)24(22)30)28-35(31,32)29(2)14-20-15-33-7-8-34-20/h3-6,9-13,20,25-26,28H,7-8,14-15H2,1-2H3/b18-12+,25-11?/t20-/m1/s1. The molecule has 184 valence electrons. The largest absolute Gasteiger partial charge is 0.393 e. The van der Waals surface area contributed by atoms with E-state index in [1.54, 1.807) is 49.8 Å². The Morgan fingerprint density at radius 1 is 1.23 bits per heavy atom. The zero-order chi connectivity index (χ0) is 25.0. The maximum Gasteiger partial charge on any atom is 0.301 e. The molecule has 0 unspecified atom stereocenters. The number of rotatable bonds is 8. The fourth-order valence-corrected chi connectivity index (χ4v) is 4.78. The molecule has 1 atom stereocenters. The molecule has 11 heteroatoms. The van der Waals surface area contributed by atoms with Gasteiger partial charge in [0.2, 0.25) is 0 Å². The van der Waals surface area contributed by atoms with E-state index >= 15 is 0 Å². The lowest BCUT2D eigenvalue weighted by atomic mass is 10.1. The third kappa shape index (κ3) is 5.49. The number of hydrogen-bond donors (Lipinski definition) is 3. The number of fused-ring (bicyclic) bond motifs is 2. The van der Waals surface area contributed by atoms with Crippen molar-refractivity contribution in [1.29, 1.82) is 5.41 Å². The molecular weight excluding hydrogens is 470 g/mol. The lowest BCUT2D eigenvalue weighted by Crippen LogP contribution is -2.42. The average Bonchev–Trinajstić information content (AvgIpc) is 2.99. The second kappa shape index (κ2) is 10.5.